The largest absolute Gasteiger partial charge is 0.478 e. The number of hydrogen-bond donors (Lipinski definition) is 3. The number of hydrogen-bond acceptors (Lipinski definition) is 4. The van der Waals surface area contributed by atoms with E-state index in [1.54, 1.807) is 30.3 Å². The molecule has 0 bridgehead atoms. The Hall–Kier alpha value is -2.70. The van der Waals surface area contributed by atoms with Crippen molar-refractivity contribution in [2.45, 2.75) is 6.04 Å². The monoisotopic (exact) mass is 385 g/mol. The van der Waals surface area contributed by atoms with Gasteiger partial charge >= 0.3 is 5.97 Å². The van der Waals surface area contributed by atoms with E-state index in [0.29, 0.717) is 5.56 Å². The zero-order valence-electron chi connectivity index (χ0n) is 13.6. The van der Waals surface area contributed by atoms with Gasteiger partial charge in [-0.2, -0.15) is 0 Å². The molecule has 0 saturated carbocycles. The molecule has 0 amide bonds. The van der Waals surface area contributed by atoms with Gasteiger partial charge in [-0.3, -0.25) is 0 Å². The molecule has 3 N–H and O–H groups in total. The van der Waals surface area contributed by atoms with Gasteiger partial charge in [0.2, 0.25) is 5.95 Å². The number of carbonyl (C=O) groups is 1. The zero-order valence-corrected chi connectivity index (χ0v) is 15.2. The number of thioether (sulfide) groups is 1. The van der Waals surface area contributed by atoms with Gasteiger partial charge in [-0.05, 0) is 35.7 Å². The summed E-state index contributed by atoms with van der Waals surface area (Å²) >= 11 is 7.47. The topological polar surface area (TPSA) is 78.0 Å². The first-order chi connectivity index (χ1) is 12.6. The van der Waals surface area contributed by atoms with Crippen molar-refractivity contribution in [2.24, 2.45) is 0 Å². The van der Waals surface area contributed by atoms with Crippen LogP contribution < -0.4 is 5.32 Å². The number of fused-ring (bicyclic) bond motifs is 1. The van der Waals surface area contributed by atoms with Gasteiger partial charge in [0.05, 0.1) is 27.0 Å². The van der Waals surface area contributed by atoms with Crippen LogP contribution >= 0.6 is 23.4 Å². The molecule has 26 heavy (non-hydrogen) atoms. The van der Waals surface area contributed by atoms with Crippen molar-refractivity contribution in [3.05, 3.63) is 82.1 Å². The third kappa shape index (κ3) is 4.91. The number of aromatic amines is 1. The number of anilines is 1. The van der Waals surface area contributed by atoms with Gasteiger partial charge in [0.1, 0.15) is 0 Å². The Morgan fingerprint density at radius 1 is 1.15 bits per heavy atom. The molecule has 0 aliphatic carbocycles. The number of carboxylic acids is 1. The molecule has 1 aromatic heterocycles. The van der Waals surface area contributed by atoms with Crippen LogP contribution in [0.1, 0.15) is 10.4 Å². The van der Waals surface area contributed by atoms with Crippen molar-refractivity contribution in [1.82, 2.24) is 9.97 Å². The number of H-pyrrole nitrogens is 1. The lowest BCUT2D eigenvalue weighted by atomic mass is 10.2. The van der Waals surface area contributed by atoms with Gasteiger partial charge in [-0.25, -0.2) is 9.78 Å². The van der Waals surface area contributed by atoms with E-state index < -0.39 is 5.97 Å². The number of benzene rings is 2. The number of nitrogens with zero attached hydrogens (tertiary/aromatic N) is 1. The highest BCUT2D eigenvalue weighted by Gasteiger charge is 2.09. The standard InChI is InChI=1S/C12H10ClN3S.C7H6O2/c13-11-7-8(5-6-17-11)14-12-15-9-3-1-2-4-10(9)16-12;8-7(9)6-4-2-1-3-5-6/h1-8H,(H2,14,15,16);1-5H,(H,8,9). The van der Waals surface area contributed by atoms with Gasteiger partial charge < -0.3 is 15.4 Å². The average Bonchev–Trinajstić information content (AvgIpc) is 3.05. The fourth-order valence-electron chi connectivity index (χ4n) is 2.27. The lowest BCUT2D eigenvalue weighted by Gasteiger charge is -2.13. The van der Waals surface area contributed by atoms with E-state index in [1.165, 1.54) is 11.8 Å². The lowest BCUT2D eigenvalue weighted by molar-refractivity contribution is 0.0697. The first kappa shape index (κ1) is 18.1. The van der Waals surface area contributed by atoms with Gasteiger partial charge in [0, 0.05) is 0 Å². The fraction of sp³-hybridized carbons (Fsp3) is 0.0526. The minimum Gasteiger partial charge on any atom is -0.478 e. The maximum atomic E-state index is 10.2. The molecule has 5 nitrogen and oxygen atoms in total. The molecular weight excluding hydrogens is 370 g/mol. The summed E-state index contributed by atoms with van der Waals surface area (Å²) in [6.07, 6.45) is 4.00. The van der Waals surface area contributed by atoms with Crippen LogP contribution in [-0.4, -0.2) is 27.1 Å². The van der Waals surface area contributed by atoms with Gasteiger partial charge in [0.25, 0.3) is 0 Å². The molecule has 1 aliphatic heterocycles. The van der Waals surface area contributed by atoms with Crippen LogP contribution in [0, 0.1) is 0 Å². The number of halogens is 1. The second-order valence-corrected chi connectivity index (χ2v) is 6.94. The first-order valence-corrected chi connectivity index (χ1v) is 9.08. The first-order valence-electron chi connectivity index (χ1n) is 7.82. The number of imidazole rings is 1. The summed E-state index contributed by atoms with van der Waals surface area (Å²) in [7, 11) is 0. The van der Waals surface area contributed by atoms with Gasteiger partial charge in [-0.15, -0.1) is 0 Å². The average molecular weight is 386 g/mol. The SMILES string of the molecule is ClC1=CC(Nc2nc3ccccc3[nH]2)C=CS1.O=C(O)c1ccccc1. The summed E-state index contributed by atoms with van der Waals surface area (Å²) < 4.78 is 0.779. The van der Waals surface area contributed by atoms with E-state index in [4.69, 9.17) is 16.7 Å². The molecule has 7 heteroatoms. The Bertz CT molecular complexity index is 921. The van der Waals surface area contributed by atoms with Crippen LogP contribution in [0.25, 0.3) is 11.0 Å². The van der Waals surface area contributed by atoms with Crippen LogP contribution in [-0.2, 0) is 0 Å². The van der Waals surface area contributed by atoms with E-state index >= 15 is 0 Å². The molecule has 2 aromatic carbocycles. The maximum absolute atomic E-state index is 10.2. The highest BCUT2D eigenvalue weighted by molar-refractivity contribution is 8.07. The Morgan fingerprint density at radius 3 is 2.54 bits per heavy atom. The van der Waals surface area contributed by atoms with Crippen molar-refractivity contribution < 1.29 is 9.90 Å². The highest BCUT2D eigenvalue weighted by Crippen LogP contribution is 2.27. The Kier molecular flexibility index (Phi) is 5.99. The third-order valence-corrected chi connectivity index (χ3v) is 4.54. The van der Waals surface area contributed by atoms with Crippen molar-refractivity contribution in [3.8, 4) is 0 Å². The minimum atomic E-state index is -0.879. The Balaban J connectivity index is 0.000000185. The smallest absolute Gasteiger partial charge is 0.335 e. The molecule has 1 aliphatic rings. The van der Waals surface area contributed by atoms with Crippen LogP contribution in [0.3, 0.4) is 0 Å². The molecule has 0 spiro atoms. The number of rotatable bonds is 3. The van der Waals surface area contributed by atoms with E-state index in [9.17, 15) is 4.79 Å². The fourth-order valence-corrected chi connectivity index (χ4v) is 3.17. The van der Waals surface area contributed by atoms with Gasteiger partial charge in [-0.1, -0.05) is 59.8 Å². The third-order valence-electron chi connectivity index (χ3n) is 3.49. The highest BCUT2D eigenvalue weighted by atomic mass is 35.5. The number of nitrogens with one attached hydrogen (secondary N) is 2. The van der Waals surface area contributed by atoms with Crippen LogP contribution in [0.2, 0.25) is 0 Å². The van der Waals surface area contributed by atoms with Crippen LogP contribution in [0.4, 0.5) is 5.95 Å². The number of aromatic carboxylic acids is 1. The molecule has 1 unspecified atom stereocenters. The normalized spacial score (nSPS) is 15.7. The summed E-state index contributed by atoms with van der Waals surface area (Å²) in [5, 5.41) is 13.6. The van der Waals surface area contributed by atoms with Crippen LogP contribution in [0.15, 0.2) is 76.5 Å². The predicted molar refractivity (Wildman–Crippen MR) is 108 cm³/mol. The second-order valence-electron chi connectivity index (χ2n) is 5.36. The molecule has 4 rings (SSSR count). The summed E-state index contributed by atoms with van der Waals surface area (Å²) in [6, 6.07) is 16.3. The van der Waals surface area contributed by atoms with E-state index in [-0.39, 0.29) is 6.04 Å². The maximum Gasteiger partial charge on any atom is 0.335 e. The van der Waals surface area contributed by atoms with E-state index in [1.807, 2.05) is 41.8 Å². The molecule has 0 fully saturated rings. The summed E-state index contributed by atoms with van der Waals surface area (Å²) in [6.45, 7) is 0. The molecule has 3 aromatic rings. The zero-order chi connectivity index (χ0) is 18.4. The van der Waals surface area contributed by atoms with E-state index in [0.717, 1.165) is 21.3 Å². The number of para-hydroxylation sites is 2. The Morgan fingerprint density at radius 2 is 1.88 bits per heavy atom. The Labute approximate surface area is 159 Å². The second kappa shape index (κ2) is 8.60. The molecule has 1 atom stereocenters. The minimum absolute atomic E-state index is 0.0873. The van der Waals surface area contributed by atoms with E-state index in [2.05, 4.69) is 15.3 Å². The molecule has 0 saturated heterocycles. The molecule has 2 heterocycles. The summed E-state index contributed by atoms with van der Waals surface area (Å²) in [5.74, 6) is -0.121. The molecule has 0 radical (unpaired) electrons. The quantitative estimate of drug-likeness (QED) is 0.586. The van der Waals surface area contributed by atoms with Crippen molar-refractivity contribution >= 4 is 46.3 Å². The lowest BCUT2D eigenvalue weighted by Crippen LogP contribution is -2.15. The van der Waals surface area contributed by atoms with Crippen molar-refractivity contribution in [1.29, 1.82) is 0 Å². The van der Waals surface area contributed by atoms with Crippen LogP contribution in [0.5, 0.6) is 0 Å². The molecular formula is C19H16ClN3O2S. The molecule has 132 valence electrons. The predicted octanol–water partition coefficient (Wildman–Crippen LogP) is 5.07. The van der Waals surface area contributed by atoms with Gasteiger partial charge in [0.15, 0.2) is 0 Å². The van der Waals surface area contributed by atoms with Crippen molar-refractivity contribution in [2.75, 3.05) is 5.32 Å². The summed E-state index contributed by atoms with van der Waals surface area (Å²) in [4.78, 5) is 17.9. The summed E-state index contributed by atoms with van der Waals surface area (Å²) in [5.41, 5.74) is 2.32. The van der Waals surface area contributed by atoms with Crippen molar-refractivity contribution in [3.63, 3.8) is 0 Å². The number of aromatic nitrogens is 2. The number of carboxylic acid groups (broad SMARTS) is 1.